The minimum atomic E-state index is -2.85. The van der Waals surface area contributed by atoms with Gasteiger partial charge in [0.15, 0.2) is 0 Å². The van der Waals surface area contributed by atoms with Crippen LogP contribution >= 0.6 is 0 Å². The zero-order chi connectivity index (χ0) is 32.1. The van der Waals surface area contributed by atoms with Gasteiger partial charge in [-0.25, -0.2) is 9.59 Å². The van der Waals surface area contributed by atoms with E-state index in [0.717, 1.165) is 0 Å². The third kappa shape index (κ3) is 18.1. The van der Waals surface area contributed by atoms with Crippen molar-refractivity contribution in [3.63, 3.8) is 0 Å². The first-order chi connectivity index (χ1) is 19.8. The summed E-state index contributed by atoms with van der Waals surface area (Å²) >= 11 is 0. The maximum atomic E-state index is 12.4. The highest BCUT2D eigenvalue weighted by Gasteiger charge is 2.39. The Balaban J connectivity index is 5.08. The molecule has 0 bridgehead atoms. The Hall–Kier alpha value is -2.58. The summed E-state index contributed by atoms with van der Waals surface area (Å²) in [6.45, 7) is 21.5. The van der Waals surface area contributed by atoms with Crippen LogP contribution in [0.4, 0.5) is 0 Å². The monoisotopic (exact) mass is 617 g/mol. The van der Waals surface area contributed by atoms with Crippen molar-refractivity contribution in [2.24, 2.45) is 0 Å². The van der Waals surface area contributed by atoms with Crippen LogP contribution in [0.5, 0.6) is 0 Å². The molecule has 12 nitrogen and oxygen atoms in total. The first kappa shape index (κ1) is 39.4. The Labute approximate surface area is 252 Å². The molecular weight excluding hydrogens is 566 g/mol. The predicted octanol–water partition coefficient (Wildman–Crippen LogP) is 3.61. The van der Waals surface area contributed by atoms with Gasteiger partial charge in [-0.15, -0.1) is 0 Å². The van der Waals surface area contributed by atoms with Crippen molar-refractivity contribution < 1.29 is 51.4 Å². The number of hydrogen-bond acceptors (Lipinski definition) is 12. The zero-order valence-corrected chi connectivity index (χ0v) is 27.5. The third-order valence-electron chi connectivity index (χ3n) is 5.59. The molecule has 0 radical (unpaired) electrons. The van der Waals surface area contributed by atoms with Crippen molar-refractivity contribution in [1.82, 2.24) is 4.90 Å². The highest BCUT2D eigenvalue weighted by atomic mass is 28.4. The van der Waals surface area contributed by atoms with E-state index in [1.54, 1.807) is 13.8 Å². The molecule has 0 heterocycles. The summed E-state index contributed by atoms with van der Waals surface area (Å²) in [5.41, 5.74) is 0.518. The largest absolute Gasteiger partial charge is 0.500 e. The second-order valence-corrected chi connectivity index (χ2v) is 12.5. The number of nitrogens with zero attached hydrogens (tertiary/aromatic N) is 1. The van der Waals surface area contributed by atoms with Crippen molar-refractivity contribution >= 4 is 32.7 Å². The lowest BCUT2D eigenvalue weighted by molar-refractivity contribution is -0.156. The summed E-state index contributed by atoms with van der Waals surface area (Å²) in [5.74, 6) is -2.03. The second kappa shape index (κ2) is 22.0. The Morgan fingerprint density at radius 2 is 1.07 bits per heavy atom. The summed E-state index contributed by atoms with van der Waals surface area (Å²) in [6.07, 6.45) is -0.452. The van der Waals surface area contributed by atoms with Gasteiger partial charge in [0.2, 0.25) is 0 Å². The smallest absolute Gasteiger partial charge is 0.462 e. The fraction of sp³-hybridized carbons (Fsp3) is 0.724. The lowest BCUT2D eigenvalue weighted by Gasteiger charge is -2.29. The maximum Gasteiger partial charge on any atom is 0.500 e. The summed E-state index contributed by atoms with van der Waals surface area (Å²) < 4.78 is 38.6. The highest BCUT2D eigenvalue weighted by Crippen LogP contribution is 2.19. The first-order valence-electron chi connectivity index (χ1n) is 14.5. The predicted molar refractivity (Wildman–Crippen MR) is 158 cm³/mol. The lowest BCUT2D eigenvalue weighted by atomic mass is 10.3. The average molecular weight is 618 g/mol. The summed E-state index contributed by atoms with van der Waals surface area (Å²) in [7, 11) is -2.85. The van der Waals surface area contributed by atoms with Crippen LogP contribution in [0.3, 0.4) is 0 Å². The minimum Gasteiger partial charge on any atom is -0.462 e. The Morgan fingerprint density at radius 1 is 0.690 bits per heavy atom. The van der Waals surface area contributed by atoms with Gasteiger partial charge in [0.1, 0.15) is 25.4 Å². The Bertz CT molecular complexity index is 809. The van der Waals surface area contributed by atoms with Crippen molar-refractivity contribution in [2.75, 3.05) is 52.7 Å². The number of esters is 4. The number of hydrogen-bond donors (Lipinski definition) is 0. The van der Waals surface area contributed by atoms with Gasteiger partial charge in [-0.1, -0.05) is 13.2 Å². The number of carbonyl (C=O) groups excluding carboxylic acids is 4. The topological polar surface area (TPSA) is 136 Å². The van der Waals surface area contributed by atoms with Gasteiger partial charge in [0, 0.05) is 50.1 Å². The molecule has 2 unspecified atom stereocenters. The lowest BCUT2D eigenvalue weighted by Crippen LogP contribution is -2.46. The molecule has 0 saturated heterocycles. The minimum absolute atomic E-state index is 0.0645. The second-order valence-electron chi connectivity index (χ2n) is 9.79. The maximum absolute atomic E-state index is 12.4. The quantitative estimate of drug-likeness (QED) is 0.0677. The van der Waals surface area contributed by atoms with Crippen LogP contribution in [0.2, 0.25) is 6.04 Å². The molecule has 242 valence electrons. The molecule has 0 aliphatic heterocycles. The average Bonchev–Trinajstić information content (AvgIpc) is 2.92. The normalized spacial score (nSPS) is 12.8. The molecular formula is C29H51NO11Si. The number of carbonyl (C=O) groups is 4. The molecule has 13 heteroatoms. The van der Waals surface area contributed by atoms with E-state index in [2.05, 4.69) is 13.2 Å². The van der Waals surface area contributed by atoms with E-state index in [9.17, 15) is 19.2 Å². The first-order valence-corrected chi connectivity index (χ1v) is 16.4. The Morgan fingerprint density at radius 3 is 1.40 bits per heavy atom. The van der Waals surface area contributed by atoms with E-state index in [-0.39, 0.29) is 37.2 Å². The van der Waals surface area contributed by atoms with Gasteiger partial charge in [0.25, 0.3) is 0 Å². The van der Waals surface area contributed by atoms with Gasteiger partial charge in [-0.2, -0.15) is 0 Å². The molecule has 0 rings (SSSR count). The number of rotatable bonds is 24. The van der Waals surface area contributed by atoms with Crippen molar-refractivity contribution in [3.05, 3.63) is 24.3 Å². The zero-order valence-electron chi connectivity index (χ0n) is 26.5. The summed E-state index contributed by atoms with van der Waals surface area (Å²) in [5, 5.41) is 0. The van der Waals surface area contributed by atoms with E-state index < -0.39 is 44.9 Å². The molecule has 0 aromatic heterocycles. The van der Waals surface area contributed by atoms with Gasteiger partial charge in [-0.3, -0.25) is 9.59 Å². The van der Waals surface area contributed by atoms with E-state index in [0.29, 0.717) is 51.9 Å². The number of ether oxygens (including phenoxy) is 4. The molecule has 0 aromatic rings. The van der Waals surface area contributed by atoms with E-state index >= 15 is 0 Å². The highest BCUT2D eigenvalue weighted by molar-refractivity contribution is 6.60. The standard InChI is InChI=1S/C29H51NO11Si/c1-10-37-42(38-11-2,39-12-3)19-13-16-30(17-14-26(31)35-20-24(8)40-28(33)22(4)5)18-15-27(32)36-21-25(9)41-29(34)23(6)7/h24-25H,4,6,10-21H2,1-3,5,7-9H3. The van der Waals surface area contributed by atoms with Gasteiger partial charge in [0.05, 0.1) is 12.8 Å². The molecule has 0 aliphatic carbocycles. The van der Waals surface area contributed by atoms with Gasteiger partial charge < -0.3 is 37.1 Å². The van der Waals surface area contributed by atoms with Crippen LogP contribution in [0.15, 0.2) is 24.3 Å². The van der Waals surface area contributed by atoms with Crippen LogP contribution in [-0.2, 0) is 51.4 Å². The Kier molecular flexibility index (Phi) is 20.7. The van der Waals surface area contributed by atoms with E-state index in [1.165, 1.54) is 13.8 Å². The molecule has 42 heavy (non-hydrogen) atoms. The molecule has 0 spiro atoms. The molecule has 0 N–H and O–H groups in total. The fourth-order valence-electron chi connectivity index (χ4n) is 3.55. The summed E-state index contributed by atoms with van der Waals surface area (Å²) in [6, 6.07) is 0.575. The fourth-order valence-corrected chi connectivity index (χ4v) is 6.15. The van der Waals surface area contributed by atoms with Crippen molar-refractivity contribution in [2.45, 2.75) is 86.0 Å². The van der Waals surface area contributed by atoms with Crippen LogP contribution in [0, 0.1) is 0 Å². The van der Waals surface area contributed by atoms with Crippen molar-refractivity contribution in [1.29, 1.82) is 0 Å². The molecule has 0 saturated carbocycles. The van der Waals surface area contributed by atoms with Crippen LogP contribution in [0.1, 0.15) is 67.7 Å². The molecule has 0 aliphatic rings. The molecule has 0 fully saturated rings. The molecule has 0 aromatic carbocycles. The third-order valence-corrected chi connectivity index (χ3v) is 8.74. The van der Waals surface area contributed by atoms with Crippen LogP contribution in [-0.4, -0.2) is 102 Å². The van der Waals surface area contributed by atoms with Crippen LogP contribution < -0.4 is 0 Å². The van der Waals surface area contributed by atoms with Crippen molar-refractivity contribution in [3.8, 4) is 0 Å². The van der Waals surface area contributed by atoms with Crippen LogP contribution in [0.25, 0.3) is 0 Å². The molecule has 0 amide bonds. The van der Waals surface area contributed by atoms with E-state index in [1.807, 2.05) is 25.7 Å². The van der Waals surface area contributed by atoms with Gasteiger partial charge in [-0.05, 0) is 61.4 Å². The SMILES string of the molecule is C=C(C)C(=O)OC(C)COC(=O)CCN(CCC[Si](OCC)(OCC)OCC)CCC(=O)OCC(C)OC(=O)C(=C)C. The molecule has 2 atom stereocenters. The van der Waals surface area contributed by atoms with Gasteiger partial charge >= 0.3 is 32.7 Å². The van der Waals surface area contributed by atoms with E-state index in [4.69, 9.17) is 32.2 Å². The summed E-state index contributed by atoms with van der Waals surface area (Å²) in [4.78, 5) is 50.1.